The number of rotatable bonds is 3. The number of nitrogens with one attached hydrogen (secondary N) is 1. The number of para-hydroxylation sites is 1. The van der Waals surface area contributed by atoms with Gasteiger partial charge < -0.3 is 14.6 Å². The van der Waals surface area contributed by atoms with Crippen molar-refractivity contribution in [2.45, 2.75) is 39.4 Å². The van der Waals surface area contributed by atoms with E-state index in [1.807, 2.05) is 31.2 Å². The van der Waals surface area contributed by atoms with Crippen molar-refractivity contribution < 1.29 is 9.53 Å². The van der Waals surface area contributed by atoms with E-state index in [1.165, 1.54) is 5.69 Å². The standard InChI is InChI=1S/C19H24N4O2/c1-13-14(2)23-9-8-22(11-18(23)20-13)12-19(24)21-16-7-10-25-17-6-4-3-5-15(16)17/h3-6,16H,7-12H2,1-2H3,(H,21,24)/t16-/m0/s1. The zero-order valence-electron chi connectivity index (χ0n) is 14.8. The quantitative estimate of drug-likeness (QED) is 0.928. The summed E-state index contributed by atoms with van der Waals surface area (Å²) in [5.41, 5.74) is 3.39. The van der Waals surface area contributed by atoms with Crippen molar-refractivity contribution in [3.05, 3.63) is 47.0 Å². The molecular formula is C19H24N4O2. The van der Waals surface area contributed by atoms with Gasteiger partial charge >= 0.3 is 0 Å². The van der Waals surface area contributed by atoms with E-state index in [-0.39, 0.29) is 11.9 Å². The molecule has 1 atom stereocenters. The molecule has 0 radical (unpaired) electrons. The van der Waals surface area contributed by atoms with Crippen LogP contribution < -0.4 is 10.1 Å². The van der Waals surface area contributed by atoms with E-state index in [4.69, 9.17) is 4.74 Å². The summed E-state index contributed by atoms with van der Waals surface area (Å²) in [5, 5.41) is 3.18. The molecular weight excluding hydrogens is 316 g/mol. The smallest absolute Gasteiger partial charge is 0.234 e. The number of aryl methyl sites for hydroxylation is 1. The Morgan fingerprint density at radius 1 is 1.32 bits per heavy atom. The Bertz CT molecular complexity index is 799. The van der Waals surface area contributed by atoms with Gasteiger partial charge in [-0.1, -0.05) is 18.2 Å². The Morgan fingerprint density at radius 3 is 3.04 bits per heavy atom. The van der Waals surface area contributed by atoms with Gasteiger partial charge in [0.15, 0.2) is 0 Å². The molecule has 2 aliphatic heterocycles. The lowest BCUT2D eigenvalue weighted by Crippen LogP contribution is -2.43. The van der Waals surface area contributed by atoms with Crippen LogP contribution in [0.15, 0.2) is 24.3 Å². The number of amides is 1. The molecule has 0 saturated heterocycles. The van der Waals surface area contributed by atoms with Crippen molar-refractivity contribution in [3.8, 4) is 5.75 Å². The van der Waals surface area contributed by atoms with Crippen molar-refractivity contribution in [1.82, 2.24) is 19.8 Å². The van der Waals surface area contributed by atoms with Crippen molar-refractivity contribution in [2.24, 2.45) is 0 Å². The van der Waals surface area contributed by atoms with E-state index in [2.05, 4.69) is 26.7 Å². The van der Waals surface area contributed by atoms with Crippen LogP contribution in [0.5, 0.6) is 5.75 Å². The molecule has 0 bridgehead atoms. The van der Waals surface area contributed by atoms with Crippen molar-refractivity contribution in [2.75, 3.05) is 19.7 Å². The Morgan fingerprint density at radius 2 is 2.16 bits per heavy atom. The molecule has 0 aliphatic carbocycles. The topological polar surface area (TPSA) is 59.4 Å². The molecule has 25 heavy (non-hydrogen) atoms. The number of hydrogen-bond acceptors (Lipinski definition) is 4. The lowest BCUT2D eigenvalue weighted by molar-refractivity contribution is -0.123. The van der Waals surface area contributed by atoms with Gasteiger partial charge in [0.05, 0.1) is 31.4 Å². The maximum absolute atomic E-state index is 12.6. The van der Waals surface area contributed by atoms with Crippen LogP contribution in [0.3, 0.4) is 0 Å². The van der Waals surface area contributed by atoms with Gasteiger partial charge in [-0.3, -0.25) is 9.69 Å². The number of imidazole rings is 1. The van der Waals surface area contributed by atoms with Crippen molar-refractivity contribution in [3.63, 3.8) is 0 Å². The average molecular weight is 340 g/mol. The molecule has 132 valence electrons. The minimum atomic E-state index is 0.0358. The van der Waals surface area contributed by atoms with Crippen molar-refractivity contribution >= 4 is 5.91 Å². The number of fused-ring (bicyclic) bond motifs is 2. The molecule has 3 heterocycles. The van der Waals surface area contributed by atoms with Gasteiger partial charge in [-0.15, -0.1) is 0 Å². The van der Waals surface area contributed by atoms with Crippen LogP contribution >= 0.6 is 0 Å². The van der Waals surface area contributed by atoms with Crippen LogP contribution in [-0.4, -0.2) is 40.1 Å². The number of carbonyl (C=O) groups excluding carboxylic acids is 1. The summed E-state index contributed by atoms with van der Waals surface area (Å²) in [4.78, 5) is 19.3. The fourth-order valence-electron chi connectivity index (χ4n) is 3.73. The average Bonchev–Trinajstić information content (AvgIpc) is 2.89. The monoisotopic (exact) mass is 340 g/mol. The fourth-order valence-corrected chi connectivity index (χ4v) is 3.73. The first kappa shape index (κ1) is 16.1. The zero-order chi connectivity index (χ0) is 17.4. The normalized spacial score (nSPS) is 19.7. The van der Waals surface area contributed by atoms with Gasteiger partial charge in [0, 0.05) is 30.8 Å². The maximum atomic E-state index is 12.6. The van der Waals surface area contributed by atoms with E-state index in [9.17, 15) is 4.79 Å². The number of carbonyl (C=O) groups is 1. The maximum Gasteiger partial charge on any atom is 0.234 e. The van der Waals surface area contributed by atoms with Gasteiger partial charge in [0.2, 0.25) is 5.91 Å². The third kappa shape index (κ3) is 3.14. The first-order valence-electron chi connectivity index (χ1n) is 8.88. The third-order valence-corrected chi connectivity index (χ3v) is 5.20. The summed E-state index contributed by atoms with van der Waals surface area (Å²) in [6.07, 6.45) is 0.811. The van der Waals surface area contributed by atoms with Crippen LogP contribution in [0.25, 0.3) is 0 Å². The van der Waals surface area contributed by atoms with Crippen LogP contribution in [0, 0.1) is 13.8 Å². The van der Waals surface area contributed by atoms with E-state index in [0.717, 1.165) is 48.9 Å². The minimum absolute atomic E-state index is 0.0358. The van der Waals surface area contributed by atoms with Crippen LogP contribution in [0.4, 0.5) is 0 Å². The summed E-state index contributed by atoms with van der Waals surface area (Å²) >= 11 is 0. The predicted octanol–water partition coefficient (Wildman–Crippen LogP) is 1.96. The SMILES string of the molecule is Cc1nc2n(c1C)CCN(CC(=O)N[C@H]1CCOc3ccccc31)C2. The molecule has 1 aromatic heterocycles. The highest BCUT2D eigenvalue weighted by molar-refractivity contribution is 5.78. The molecule has 1 aromatic carbocycles. The largest absolute Gasteiger partial charge is 0.493 e. The van der Waals surface area contributed by atoms with E-state index in [1.54, 1.807) is 0 Å². The lowest BCUT2D eigenvalue weighted by atomic mass is 10.0. The molecule has 4 rings (SSSR count). The first-order chi connectivity index (χ1) is 12.1. The summed E-state index contributed by atoms with van der Waals surface area (Å²) in [5.74, 6) is 2.01. The number of hydrogen-bond donors (Lipinski definition) is 1. The highest BCUT2D eigenvalue weighted by Crippen LogP contribution is 2.31. The predicted molar refractivity (Wildman–Crippen MR) is 94.4 cm³/mol. The molecule has 0 spiro atoms. The first-order valence-corrected chi connectivity index (χ1v) is 8.88. The number of nitrogens with zero attached hydrogens (tertiary/aromatic N) is 3. The van der Waals surface area contributed by atoms with E-state index in [0.29, 0.717) is 13.2 Å². The number of ether oxygens (including phenoxy) is 1. The zero-order valence-corrected chi connectivity index (χ0v) is 14.8. The molecule has 0 unspecified atom stereocenters. The van der Waals surface area contributed by atoms with E-state index < -0.39 is 0 Å². The molecule has 6 heteroatoms. The summed E-state index contributed by atoms with van der Waals surface area (Å²) in [6, 6.07) is 7.98. The van der Waals surface area contributed by atoms with Gasteiger partial charge in [-0.25, -0.2) is 4.98 Å². The number of benzene rings is 1. The Labute approximate surface area is 147 Å². The van der Waals surface area contributed by atoms with Crippen molar-refractivity contribution in [1.29, 1.82) is 0 Å². The third-order valence-electron chi connectivity index (χ3n) is 5.20. The molecule has 0 saturated carbocycles. The second-order valence-corrected chi connectivity index (χ2v) is 6.86. The second-order valence-electron chi connectivity index (χ2n) is 6.86. The molecule has 1 N–H and O–H groups in total. The number of aromatic nitrogens is 2. The molecule has 0 fully saturated rings. The highest BCUT2D eigenvalue weighted by atomic mass is 16.5. The van der Waals surface area contributed by atoms with Gasteiger partial charge in [-0.05, 0) is 19.9 Å². The Hall–Kier alpha value is -2.34. The Balaban J connectivity index is 1.39. The summed E-state index contributed by atoms with van der Waals surface area (Å²) in [6.45, 7) is 7.70. The van der Waals surface area contributed by atoms with Crippen LogP contribution in [0.1, 0.15) is 35.2 Å². The minimum Gasteiger partial charge on any atom is -0.493 e. The molecule has 2 aromatic rings. The lowest BCUT2D eigenvalue weighted by Gasteiger charge is -2.30. The van der Waals surface area contributed by atoms with Crippen LogP contribution in [-0.2, 0) is 17.9 Å². The van der Waals surface area contributed by atoms with Gasteiger partial charge in [0.1, 0.15) is 11.6 Å². The van der Waals surface area contributed by atoms with Crippen LogP contribution in [0.2, 0.25) is 0 Å². The van der Waals surface area contributed by atoms with E-state index >= 15 is 0 Å². The Kier molecular flexibility index (Phi) is 4.21. The van der Waals surface area contributed by atoms with Gasteiger partial charge in [-0.2, -0.15) is 0 Å². The second kappa shape index (κ2) is 6.52. The summed E-state index contributed by atoms with van der Waals surface area (Å²) in [7, 11) is 0. The molecule has 2 aliphatic rings. The van der Waals surface area contributed by atoms with Gasteiger partial charge in [0.25, 0.3) is 0 Å². The highest BCUT2D eigenvalue weighted by Gasteiger charge is 2.25. The molecule has 1 amide bonds. The summed E-state index contributed by atoms with van der Waals surface area (Å²) < 4.78 is 7.93. The molecule has 6 nitrogen and oxygen atoms in total. The fraction of sp³-hybridized carbons (Fsp3) is 0.474.